The van der Waals surface area contributed by atoms with Gasteiger partial charge in [-0.1, -0.05) is 12.1 Å². The van der Waals surface area contributed by atoms with Crippen LogP contribution in [0.15, 0.2) is 60.8 Å². The summed E-state index contributed by atoms with van der Waals surface area (Å²) in [6.45, 7) is 1.29. The van der Waals surface area contributed by atoms with Crippen LogP contribution in [0, 0.1) is 23.1 Å². The zero-order valence-electron chi connectivity index (χ0n) is 18.1. The van der Waals surface area contributed by atoms with E-state index in [2.05, 4.69) is 16.5 Å². The third-order valence-electron chi connectivity index (χ3n) is 6.56. The Hall–Kier alpha value is -3.86. The van der Waals surface area contributed by atoms with Gasteiger partial charge in [0.25, 0.3) is 0 Å². The number of rotatable bonds is 5. The van der Waals surface area contributed by atoms with Crippen molar-refractivity contribution in [2.45, 2.75) is 31.3 Å². The number of hydrogen-bond donors (Lipinski definition) is 1. The van der Waals surface area contributed by atoms with Gasteiger partial charge < -0.3 is 10.1 Å². The molecule has 2 fully saturated rings. The predicted molar refractivity (Wildman–Crippen MR) is 122 cm³/mol. The SMILES string of the molecule is N#Cc1ccc(N2C[C@]3(CC[C@@H](CNc4ccn(-c5ccccc5F)n4)CC3)OC2=O)cc1. The molecule has 8 heteroatoms. The van der Waals surface area contributed by atoms with Gasteiger partial charge in [0.15, 0.2) is 0 Å². The van der Waals surface area contributed by atoms with Crippen LogP contribution >= 0.6 is 0 Å². The molecule has 1 saturated carbocycles. The van der Waals surface area contributed by atoms with Crippen LogP contribution in [0.2, 0.25) is 0 Å². The number of aromatic nitrogens is 2. The van der Waals surface area contributed by atoms with Gasteiger partial charge in [-0.25, -0.2) is 13.9 Å². The number of halogens is 1. The van der Waals surface area contributed by atoms with E-state index in [1.54, 1.807) is 53.6 Å². The van der Waals surface area contributed by atoms with Gasteiger partial charge in [-0.05, 0) is 68.0 Å². The number of amides is 1. The summed E-state index contributed by atoms with van der Waals surface area (Å²) in [5, 5.41) is 16.8. The standard InChI is InChI=1S/C25H24FN5O2/c26-21-3-1-2-4-22(21)31-14-11-23(29-31)28-16-19-9-12-25(13-10-19)17-30(24(32)33-25)20-7-5-18(15-27)6-8-20/h1-8,11,14,19H,9-10,12-13,16-17H2,(H,28,29)/t19-,25-. The van der Waals surface area contributed by atoms with Crippen molar-refractivity contribution in [2.75, 3.05) is 23.3 Å². The third-order valence-corrected chi connectivity index (χ3v) is 6.56. The molecular weight excluding hydrogens is 421 g/mol. The Labute approximate surface area is 191 Å². The molecule has 1 aliphatic heterocycles. The number of hydrogen-bond acceptors (Lipinski definition) is 5. The number of ether oxygens (including phenoxy) is 1. The molecule has 2 aliphatic rings. The number of nitrogens with one attached hydrogen (secondary N) is 1. The molecule has 1 aliphatic carbocycles. The molecule has 1 aromatic heterocycles. The van der Waals surface area contributed by atoms with E-state index >= 15 is 0 Å². The van der Waals surface area contributed by atoms with Gasteiger partial charge in [-0.2, -0.15) is 10.4 Å². The smallest absolute Gasteiger partial charge is 0.415 e. The number of carbonyl (C=O) groups is 1. The highest BCUT2D eigenvalue weighted by Gasteiger charge is 2.47. The molecule has 1 N–H and O–H groups in total. The van der Waals surface area contributed by atoms with Crippen LogP contribution in [-0.2, 0) is 4.74 Å². The Morgan fingerprint density at radius 3 is 2.64 bits per heavy atom. The highest BCUT2D eigenvalue weighted by molar-refractivity contribution is 5.90. The number of para-hydroxylation sites is 1. The minimum absolute atomic E-state index is 0.314. The third kappa shape index (κ3) is 4.27. The lowest BCUT2D eigenvalue weighted by Gasteiger charge is -2.35. The van der Waals surface area contributed by atoms with Crippen molar-refractivity contribution in [3.05, 3.63) is 72.2 Å². The summed E-state index contributed by atoms with van der Waals surface area (Å²) in [5.74, 6) is 0.834. The second-order valence-corrected chi connectivity index (χ2v) is 8.72. The van der Waals surface area contributed by atoms with E-state index in [0.29, 0.717) is 29.5 Å². The number of nitriles is 1. The van der Waals surface area contributed by atoms with Gasteiger partial charge in [0.05, 0.1) is 18.2 Å². The molecular formula is C25H24FN5O2. The van der Waals surface area contributed by atoms with Crippen molar-refractivity contribution in [1.29, 1.82) is 5.26 Å². The van der Waals surface area contributed by atoms with Crippen molar-refractivity contribution in [3.8, 4) is 11.8 Å². The summed E-state index contributed by atoms with van der Waals surface area (Å²) in [6, 6.07) is 17.5. The minimum atomic E-state index is -0.450. The molecule has 0 unspecified atom stereocenters. The monoisotopic (exact) mass is 445 g/mol. The Balaban J connectivity index is 1.15. The van der Waals surface area contributed by atoms with E-state index < -0.39 is 5.60 Å². The van der Waals surface area contributed by atoms with E-state index in [-0.39, 0.29) is 11.9 Å². The van der Waals surface area contributed by atoms with Crippen LogP contribution in [0.1, 0.15) is 31.2 Å². The van der Waals surface area contributed by atoms with Crippen LogP contribution < -0.4 is 10.2 Å². The minimum Gasteiger partial charge on any atom is -0.441 e. The van der Waals surface area contributed by atoms with Gasteiger partial charge >= 0.3 is 6.09 Å². The maximum Gasteiger partial charge on any atom is 0.415 e. The lowest BCUT2D eigenvalue weighted by Crippen LogP contribution is -2.39. The van der Waals surface area contributed by atoms with E-state index in [9.17, 15) is 9.18 Å². The summed E-state index contributed by atoms with van der Waals surface area (Å²) >= 11 is 0. The van der Waals surface area contributed by atoms with Gasteiger partial charge in [-0.3, -0.25) is 4.90 Å². The molecule has 2 heterocycles. The van der Waals surface area contributed by atoms with Gasteiger partial charge in [0.1, 0.15) is 22.9 Å². The quantitative estimate of drug-likeness (QED) is 0.605. The largest absolute Gasteiger partial charge is 0.441 e. The van der Waals surface area contributed by atoms with Crippen LogP contribution in [0.5, 0.6) is 0 Å². The molecule has 168 valence electrons. The normalized spacial score (nSPS) is 22.2. The summed E-state index contributed by atoms with van der Waals surface area (Å²) < 4.78 is 21.3. The topological polar surface area (TPSA) is 83.2 Å². The van der Waals surface area contributed by atoms with Crippen molar-refractivity contribution in [1.82, 2.24) is 9.78 Å². The predicted octanol–water partition coefficient (Wildman–Crippen LogP) is 4.88. The Kier molecular flexibility index (Phi) is 5.47. The first-order chi connectivity index (χ1) is 16.0. The van der Waals surface area contributed by atoms with Crippen molar-refractivity contribution < 1.29 is 13.9 Å². The molecule has 1 spiro atoms. The lowest BCUT2D eigenvalue weighted by molar-refractivity contribution is 0.0148. The van der Waals surface area contributed by atoms with E-state index in [1.165, 1.54) is 10.7 Å². The summed E-state index contributed by atoms with van der Waals surface area (Å²) in [7, 11) is 0. The van der Waals surface area contributed by atoms with Gasteiger partial charge in [-0.15, -0.1) is 0 Å². The molecule has 2 aromatic carbocycles. The fourth-order valence-corrected chi connectivity index (χ4v) is 4.64. The van der Waals surface area contributed by atoms with E-state index in [0.717, 1.165) is 37.9 Å². The Morgan fingerprint density at radius 1 is 1.15 bits per heavy atom. The van der Waals surface area contributed by atoms with Crippen LogP contribution in [0.3, 0.4) is 0 Å². The van der Waals surface area contributed by atoms with Gasteiger partial charge in [0, 0.05) is 24.5 Å². The zero-order valence-corrected chi connectivity index (χ0v) is 18.1. The molecule has 33 heavy (non-hydrogen) atoms. The van der Waals surface area contributed by atoms with Crippen molar-refractivity contribution >= 4 is 17.6 Å². The van der Waals surface area contributed by atoms with Crippen LogP contribution in [-0.4, -0.2) is 34.6 Å². The number of benzene rings is 2. The first-order valence-electron chi connectivity index (χ1n) is 11.1. The van der Waals surface area contributed by atoms with Gasteiger partial charge in [0.2, 0.25) is 0 Å². The average molecular weight is 445 g/mol. The van der Waals surface area contributed by atoms with E-state index in [4.69, 9.17) is 10.00 Å². The number of anilines is 2. The molecule has 0 radical (unpaired) electrons. The fourth-order valence-electron chi connectivity index (χ4n) is 4.64. The molecule has 1 saturated heterocycles. The molecule has 5 rings (SSSR count). The molecule has 3 aromatic rings. The molecule has 1 amide bonds. The highest BCUT2D eigenvalue weighted by atomic mass is 19.1. The van der Waals surface area contributed by atoms with Crippen LogP contribution in [0.25, 0.3) is 5.69 Å². The van der Waals surface area contributed by atoms with Crippen LogP contribution in [0.4, 0.5) is 20.7 Å². The maximum absolute atomic E-state index is 14.0. The summed E-state index contributed by atoms with van der Waals surface area (Å²) in [4.78, 5) is 14.2. The maximum atomic E-state index is 14.0. The number of nitrogens with zero attached hydrogens (tertiary/aromatic N) is 4. The fraction of sp³-hybridized carbons (Fsp3) is 0.320. The Morgan fingerprint density at radius 2 is 1.91 bits per heavy atom. The second kappa shape index (κ2) is 8.58. The summed E-state index contributed by atoms with van der Waals surface area (Å²) in [6.07, 6.45) is 4.91. The Bertz CT molecular complexity index is 1190. The first-order valence-corrected chi connectivity index (χ1v) is 11.1. The summed E-state index contributed by atoms with van der Waals surface area (Å²) in [5.41, 5.74) is 1.28. The molecule has 0 atom stereocenters. The highest BCUT2D eigenvalue weighted by Crippen LogP contribution is 2.40. The zero-order chi connectivity index (χ0) is 22.8. The number of carbonyl (C=O) groups excluding carboxylic acids is 1. The second-order valence-electron chi connectivity index (χ2n) is 8.72. The average Bonchev–Trinajstić information content (AvgIpc) is 3.44. The molecule has 7 nitrogen and oxygen atoms in total. The molecule has 0 bridgehead atoms. The first kappa shape index (κ1) is 21.0. The van der Waals surface area contributed by atoms with Crippen molar-refractivity contribution in [2.24, 2.45) is 5.92 Å². The van der Waals surface area contributed by atoms with E-state index in [1.807, 2.05) is 6.07 Å². The van der Waals surface area contributed by atoms with Crippen molar-refractivity contribution in [3.63, 3.8) is 0 Å². The lowest BCUT2D eigenvalue weighted by atomic mass is 9.78.